The summed E-state index contributed by atoms with van der Waals surface area (Å²) < 4.78 is 5.46. The molecule has 88 valence electrons. The van der Waals surface area contributed by atoms with Crippen LogP contribution in [0.5, 0.6) is 0 Å². The normalized spacial score (nSPS) is 24.9. The van der Waals surface area contributed by atoms with Crippen LogP contribution in [0.25, 0.3) is 0 Å². The summed E-state index contributed by atoms with van der Waals surface area (Å²) in [6.07, 6.45) is 4.13. The average Bonchev–Trinajstić information content (AvgIpc) is 2.70. The molecule has 15 heavy (non-hydrogen) atoms. The maximum Gasteiger partial charge on any atom is 0.239 e. The van der Waals surface area contributed by atoms with Gasteiger partial charge in [-0.3, -0.25) is 4.79 Å². The molecule has 1 saturated heterocycles. The molecule has 0 radical (unpaired) electrons. The van der Waals surface area contributed by atoms with Crippen LogP contribution in [-0.4, -0.2) is 30.7 Å². The second-order valence-electron chi connectivity index (χ2n) is 4.45. The molecule has 1 aliphatic heterocycles. The minimum atomic E-state index is -0.740. The molecule has 0 aromatic carbocycles. The van der Waals surface area contributed by atoms with E-state index in [0.717, 1.165) is 25.9 Å². The van der Waals surface area contributed by atoms with Crippen molar-refractivity contribution in [1.82, 2.24) is 5.32 Å². The third-order valence-electron chi connectivity index (χ3n) is 3.03. The van der Waals surface area contributed by atoms with Crippen LogP contribution in [0.4, 0.5) is 0 Å². The Balaban J connectivity index is 2.16. The van der Waals surface area contributed by atoms with E-state index in [1.165, 1.54) is 0 Å². The number of nitrogens with one attached hydrogen (secondary N) is 1. The first-order chi connectivity index (χ1) is 7.06. The van der Waals surface area contributed by atoms with Crippen LogP contribution >= 0.6 is 0 Å². The van der Waals surface area contributed by atoms with Crippen LogP contribution in [0, 0.1) is 0 Å². The molecule has 0 aliphatic carbocycles. The molecular weight excluding hydrogens is 192 g/mol. The van der Waals surface area contributed by atoms with E-state index in [1.807, 2.05) is 6.92 Å². The van der Waals surface area contributed by atoms with E-state index in [1.54, 1.807) is 6.92 Å². The first-order valence-electron chi connectivity index (χ1n) is 5.75. The summed E-state index contributed by atoms with van der Waals surface area (Å²) in [7, 11) is 0. The van der Waals surface area contributed by atoms with Gasteiger partial charge < -0.3 is 15.8 Å². The predicted molar refractivity (Wildman–Crippen MR) is 59.5 cm³/mol. The highest BCUT2D eigenvalue weighted by atomic mass is 16.5. The van der Waals surface area contributed by atoms with E-state index < -0.39 is 5.54 Å². The molecule has 3 N–H and O–H groups in total. The van der Waals surface area contributed by atoms with E-state index in [0.29, 0.717) is 19.1 Å². The number of amides is 1. The highest BCUT2D eigenvalue weighted by molar-refractivity contribution is 5.85. The molecule has 1 rings (SSSR count). The Bertz CT molecular complexity index is 211. The van der Waals surface area contributed by atoms with Gasteiger partial charge in [-0.15, -0.1) is 0 Å². The van der Waals surface area contributed by atoms with Crippen LogP contribution in [0.15, 0.2) is 0 Å². The van der Waals surface area contributed by atoms with Gasteiger partial charge in [0.05, 0.1) is 11.6 Å². The lowest BCUT2D eigenvalue weighted by Crippen LogP contribution is -2.51. The van der Waals surface area contributed by atoms with Gasteiger partial charge in [0.1, 0.15) is 0 Å². The zero-order valence-electron chi connectivity index (χ0n) is 9.71. The molecule has 2 atom stereocenters. The third kappa shape index (κ3) is 3.80. The van der Waals surface area contributed by atoms with Crippen LogP contribution in [0.2, 0.25) is 0 Å². The van der Waals surface area contributed by atoms with Gasteiger partial charge in [0.2, 0.25) is 5.91 Å². The van der Waals surface area contributed by atoms with Crippen LogP contribution in [-0.2, 0) is 9.53 Å². The van der Waals surface area contributed by atoms with Crippen LogP contribution in [0.3, 0.4) is 0 Å². The zero-order chi connectivity index (χ0) is 11.3. The molecule has 4 heteroatoms. The summed E-state index contributed by atoms with van der Waals surface area (Å²) in [6.45, 7) is 5.20. The molecule has 1 heterocycles. The van der Waals surface area contributed by atoms with E-state index in [2.05, 4.69) is 5.32 Å². The monoisotopic (exact) mass is 214 g/mol. The van der Waals surface area contributed by atoms with Gasteiger partial charge in [0.15, 0.2) is 0 Å². The summed E-state index contributed by atoms with van der Waals surface area (Å²) in [4.78, 5) is 11.6. The number of ether oxygens (including phenoxy) is 1. The number of hydrogen-bond acceptors (Lipinski definition) is 3. The van der Waals surface area contributed by atoms with E-state index >= 15 is 0 Å². The van der Waals surface area contributed by atoms with Crippen molar-refractivity contribution in [3.05, 3.63) is 0 Å². The fourth-order valence-corrected chi connectivity index (χ4v) is 1.58. The SMILES string of the molecule is CCC(C)(N)C(=O)NCCC1CCCO1. The Morgan fingerprint density at radius 2 is 2.40 bits per heavy atom. The molecule has 0 bridgehead atoms. The van der Waals surface area contributed by atoms with Gasteiger partial charge >= 0.3 is 0 Å². The Morgan fingerprint density at radius 3 is 2.93 bits per heavy atom. The van der Waals surface area contributed by atoms with E-state index in [-0.39, 0.29) is 5.91 Å². The second-order valence-corrected chi connectivity index (χ2v) is 4.45. The van der Waals surface area contributed by atoms with Crippen LogP contribution in [0.1, 0.15) is 39.5 Å². The maximum atomic E-state index is 11.6. The molecule has 0 aromatic heterocycles. The Labute approximate surface area is 91.5 Å². The first-order valence-corrected chi connectivity index (χ1v) is 5.75. The van der Waals surface area contributed by atoms with Gasteiger partial charge in [0.25, 0.3) is 0 Å². The Morgan fingerprint density at radius 1 is 1.67 bits per heavy atom. The van der Waals surface area contributed by atoms with Crippen molar-refractivity contribution in [3.8, 4) is 0 Å². The zero-order valence-corrected chi connectivity index (χ0v) is 9.71. The maximum absolute atomic E-state index is 11.6. The summed E-state index contributed by atoms with van der Waals surface area (Å²) in [5, 5.41) is 2.86. The largest absolute Gasteiger partial charge is 0.378 e. The summed E-state index contributed by atoms with van der Waals surface area (Å²) in [5.41, 5.74) is 5.07. The fraction of sp³-hybridized carbons (Fsp3) is 0.909. The molecule has 1 aliphatic rings. The molecule has 0 aromatic rings. The summed E-state index contributed by atoms with van der Waals surface area (Å²) in [5.74, 6) is -0.0667. The van der Waals surface area contributed by atoms with E-state index in [4.69, 9.17) is 10.5 Å². The van der Waals surface area contributed by atoms with Gasteiger partial charge in [-0.05, 0) is 32.6 Å². The van der Waals surface area contributed by atoms with Gasteiger partial charge in [-0.25, -0.2) is 0 Å². The molecule has 1 fully saturated rings. The minimum absolute atomic E-state index is 0.0667. The lowest BCUT2D eigenvalue weighted by Gasteiger charge is -2.21. The van der Waals surface area contributed by atoms with Crippen molar-refractivity contribution in [2.45, 2.75) is 51.2 Å². The van der Waals surface area contributed by atoms with Crippen molar-refractivity contribution < 1.29 is 9.53 Å². The van der Waals surface area contributed by atoms with Crippen molar-refractivity contribution in [2.75, 3.05) is 13.2 Å². The summed E-state index contributed by atoms with van der Waals surface area (Å²) >= 11 is 0. The van der Waals surface area contributed by atoms with Crippen molar-refractivity contribution >= 4 is 5.91 Å². The lowest BCUT2D eigenvalue weighted by molar-refractivity contribution is -0.125. The molecule has 4 nitrogen and oxygen atoms in total. The number of carbonyl (C=O) groups excluding carboxylic acids is 1. The Kier molecular flexibility index (Phi) is 4.54. The van der Waals surface area contributed by atoms with Crippen molar-refractivity contribution in [2.24, 2.45) is 5.73 Å². The number of hydrogen-bond donors (Lipinski definition) is 2. The lowest BCUT2D eigenvalue weighted by atomic mass is 9.99. The van der Waals surface area contributed by atoms with Crippen LogP contribution < -0.4 is 11.1 Å². The first kappa shape index (κ1) is 12.5. The number of rotatable bonds is 5. The van der Waals surface area contributed by atoms with Crippen molar-refractivity contribution in [3.63, 3.8) is 0 Å². The quantitative estimate of drug-likeness (QED) is 0.711. The molecule has 2 unspecified atom stereocenters. The third-order valence-corrected chi connectivity index (χ3v) is 3.03. The highest BCUT2D eigenvalue weighted by Crippen LogP contribution is 2.14. The minimum Gasteiger partial charge on any atom is -0.378 e. The fourth-order valence-electron chi connectivity index (χ4n) is 1.58. The van der Waals surface area contributed by atoms with E-state index in [9.17, 15) is 4.79 Å². The van der Waals surface area contributed by atoms with Crippen molar-refractivity contribution in [1.29, 1.82) is 0 Å². The van der Waals surface area contributed by atoms with Gasteiger partial charge in [-0.1, -0.05) is 6.92 Å². The summed E-state index contributed by atoms with van der Waals surface area (Å²) in [6, 6.07) is 0. The smallest absolute Gasteiger partial charge is 0.239 e. The molecule has 0 spiro atoms. The second kappa shape index (κ2) is 5.47. The number of carbonyl (C=O) groups is 1. The standard InChI is InChI=1S/C11H22N2O2/c1-3-11(2,12)10(14)13-7-6-9-5-4-8-15-9/h9H,3-8,12H2,1-2H3,(H,13,14). The topological polar surface area (TPSA) is 64.4 Å². The predicted octanol–water partition coefficient (Wildman–Crippen LogP) is 0.799. The highest BCUT2D eigenvalue weighted by Gasteiger charge is 2.25. The average molecular weight is 214 g/mol. The molecular formula is C11H22N2O2. The van der Waals surface area contributed by atoms with Gasteiger partial charge in [-0.2, -0.15) is 0 Å². The number of nitrogens with two attached hydrogens (primary N) is 1. The van der Waals surface area contributed by atoms with Gasteiger partial charge in [0, 0.05) is 13.2 Å². The molecule has 0 saturated carbocycles. The Hall–Kier alpha value is -0.610. The molecule has 1 amide bonds.